The number of carbonyl (C=O) groups excluding carboxylic acids is 2. The zero-order valence-electron chi connectivity index (χ0n) is 34.7. The number of nitrogens with zero attached hydrogens (tertiary/aromatic N) is 3. The zero-order valence-corrected chi connectivity index (χ0v) is 35.5. The van der Waals surface area contributed by atoms with Gasteiger partial charge in [-0.3, -0.25) is 19.6 Å². The van der Waals surface area contributed by atoms with Crippen molar-refractivity contribution >= 4 is 33.8 Å². The molecule has 0 spiro atoms. The number of cyclic esters (lactones) is 1. The minimum Gasteiger partial charge on any atom is -0.508 e. The van der Waals surface area contributed by atoms with Crippen molar-refractivity contribution in [1.82, 2.24) is 24.7 Å². The molecule has 4 heterocycles. The first-order chi connectivity index (χ1) is 28.3. The number of esters is 1. The Balaban J connectivity index is 1.38. The third-order valence-electron chi connectivity index (χ3n) is 11.2. The lowest BCUT2D eigenvalue weighted by atomic mass is 9.84. The van der Waals surface area contributed by atoms with Crippen LogP contribution in [0.1, 0.15) is 63.5 Å². The molecule has 0 saturated carbocycles. The Hall–Kier alpha value is -5.28. The first-order valence-electron chi connectivity index (χ1n) is 19.9. The third-order valence-corrected chi connectivity index (χ3v) is 12.4. The quantitative estimate of drug-likeness (QED) is 0.138. The second-order valence-electron chi connectivity index (χ2n) is 15.9. The van der Waals surface area contributed by atoms with Crippen LogP contribution >= 0.6 is 0 Å². The molecule has 3 unspecified atom stereocenters. The van der Waals surface area contributed by atoms with Gasteiger partial charge in [0.1, 0.15) is 40.3 Å². The number of pyridine rings is 1. The minimum atomic E-state index is -1.92. The van der Waals surface area contributed by atoms with Crippen LogP contribution in [0.25, 0.3) is 33.3 Å². The highest BCUT2D eigenvalue weighted by molar-refractivity contribution is 7.83. The van der Waals surface area contributed by atoms with Crippen LogP contribution in [0.5, 0.6) is 17.2 Å². The number of benzene rings is 3. The Morgan fingerprint density at radius 1 is 1.05 bits per heavy atom. The second-order valence-corrected chi connectivity index (χ2v) is 17.1. The number of ether oxygens (including phenoxy) is 4. The molecule has 2 aliphatic rings. The highest BCUT2D eigenvalue weighted by atomic mass is 32.2. The number of fused-ring (bicyclic) bond motifs is 6. The van der Waals surface area contributed by atoms with Gasteiger partial charge in [-0.05, 0) is 110 Å². The molecule has 5 aromatic rings. The summed E-state index contributed by atoms with van der Waals surface area (Å²) >= 11 is 0. The number of rotatable bonds is 9. The van der Waals surface area contributed by atoms with E-state index in [0.29, 0.717) is 54.3 Å². The molecule has 0 radical (unpaired) electrons. The number of hydrogen-bond donors (Lipinski definition) is 3. The average Bonchev–Trinajstić information content (AvgIpc) is 3.55. The molecule has 3 N–H and O–H groups in total. The fourth-order valence-corrected chi connectivity index (χ4v) is 9.25. The van der Waals surface area contributed by atoms with E-state index >= 15 is 0 Å². The summed E-state index contributed by atoms with van der Waals surface area (Å²) in [5.41, 5.74) is 9.78. The van der Waals surface area contributed by atoms with E-state index in [1.807, 2.05) is 25.1 Å². The Morgan fingerprint density at radius 2 is 1.86 bits per heavy atom. The van der Waals surface area contributed by atoms with E-state index in [1.165, 1.54) is 19.2 Å². The standard InChI is InChI=1S/C45H53N5O8S/c1-8-49-38-15-13-29-23-34(38)35(42(49)33-11-9-17-46-41(33)27(2)55-5)25-45(3,4)26-58-44(53)36-12-10-18-50(47-36)43(52)37(21-28-19-30(29)22-31(51)20-28)48-59(54)40-16-14-32(56-6)24-39(40)57-7/h9,11,13-17,19-20,22-24,27,36-37,47-48,51H,8,10,12,18,21,25-26H2,1-7H3/t27?,36-,37?,59?/m0/s1. The van der Waals surface area contributed by atoms with E-state index in [-0.39, 0.29) is 24.9 Å². The Kier molecular flexibility index (Phi) is 12.4. The maximum Gasteiger partial charge on any atom is 0.324 e. The van der Waals surface area contributed by atoms with Gasteiger partial charge in [0.05, 0.1) is 43.2 Å². The molecule has 7 rings (SSSR count). The number of carbonyl (C=O) groups is 2. The molecule has 14 heteroatoms. The lowest BCUT2D eigenvalue weighted by Gasteiger charge is -2.35. The van der Waals surface area contributed by atoms with Gasteiger partial charge in [0, 0.05) is 54.3 Å². The highest BCUT2D eigenvalue weighted by Gasteiger charge is 2.36. The minimum absolute atomic E-state index is 0.0248. The molecule has 2 aliphatic heterocycles. The van der Waals surface area contributed by atoms with Crippen molar-refractivity contribution in [3.8, 4) is 39.6 Å². The number of hydrogen-bond acceptors (Lipinski definition) is 10. The molecule has 2 aromatic heterocycles. The third kappa shape index (κ3) is 8.72. The van der Waals surface area contributed by atoms with Crippen molar-refractivity contribution in [3.63, 3.8) is 0 Å². The maximum atomic E-state index is 14.5. The van der Waals surface area contributed by atoms with E-state index in [1.54, 1.807) is 43.6 Å². The summed E-state index contributed by atoms with van der Waals surface area (Å²) in [6.07, 6.45) is 3.18. The highest BCUT2D eigenvalue weighted by Crippen LogP contribution is 2.42. The van der Waals surface area contributed by atoms with Crippen molar-refractivity contribution in [2.75, 3.05) is 34.5 Å². The lowest BCUT2D eigenvalue weighted by Crippen LogP contribution is -2.60. The zero-order chi connectivity index (χ0) is 42.0. The molecular formula is C45H53N5O8S. The summed E-state index contributed by atoms with van der Waals surface area (Å²) in [5.74, 6) is 0.0132. The SMILES string of the molecule is CCn1c(-c2cccnc2C(C)OC)c2c3cc(ccc31)-c1cc(O)cc(c1)CC(NS(=O)c1ccc(OC)cc1OC)C(=O)N1CCC[C@H](N1)C(=O)OCC(C)(C)C2. The molecule has 1 fully saturated rings. The number of amides is 1. The van der Waals surface area contributed by atoms with Crippen molar-refractivity contribution in [3.05, 3.63) is 89.7 Å². The number of nitrogens with one attached hydrogen (secondary N) is 2. The lowest BCUT2D eigenvalue weighted by molar-refractivity contribution is -0.155. The monoisotopic (exact) mass is 823 g/mol. The van der Waals surface area contributed by atoms with Gasteiger partial charge in [-0.15, -0.1) is 0 Å². The number of aromatic nitrogens is 2. The van der Waals surface area contributed by atoms with Crippen LogP contribution in [0.15, 0.2) is 77.8 Å². The molecule has 1 amide bonds. The molecule has 4 atom stereocenters. The van der Waals surface area contributed by atoms with Crippen LogP contribution in [0.3, 0.4) is 0 Å². The summed E-state index contributed by atoms with van der Waals surface area (Å²) in [6, 6.07) is 18.7. The summed E-state index contributed by atoms with van der Waals surface area (Å²) in [5, 5.41) is 13.6. The molecule has 59 heavy (non-hydrogen) atoms. The molecule has 0 aliphatic carbocycles. The van der Waals surface area contributed by atoms with Crippen LogP contribution in [0.2, 0.25) is 0 Å². The van der Waals surface area contributed by atoms with Crippen LogP contribution < -0.4 is 19.6 Å². The molecule has 13 nitrogen and oxygen atoms in total. The number of aromatic hydroxyl groups is 1. The van der Waals surface area contributed by atoms with Gasteiger partial charge < -0.3 is 28.6 Å². The van der Waals surface area contributed by atoms with Gasteiger partial charge in [0.25, 0.3) is 5.91 Å². The summed E-state index contributed by atoms with van der Waals surface area (Å²) < 4.78 is 42.1. The van der Waals surface area contributed by atoms with Crippen LogP contribution in [-0.4, -0.2) is 82.3 Å². The van der Waals surface area contributed by atoms with E-state index < -0.39 is 40.4 Å². The van der Waals surface area contributed by atoms with Gasteiger partial charge in [-0.25, -0.2) is 14.4 Å². The Morgan fingerprint density at radius 3 is 2.61 bits per heavy atom. The van der Waals surface area contributed by atoms with E-state index in [4.69, 9.17) is 23.9 Å². The fraction of sp³-hybridized carbons (Fsp3) is 0.400. The predicted molar refractivity (Wildman–Crippen MR) is 226 cm³/mol. The molecule has 1 saturated heterocycles. The fourth-order valence-electron chi connectivity index (χ4n) is 8.17. The van der Waals surface area contributed by atoms with Crippen LogP contribution in [0, 0.1) is 5.41 Å². The Bertz CT molecular complexity index is 2400. The van der Waals surface area contributed by atoms with Crippen molar-refractivity contribution in [2.24, 2.45) is 5.41 Å². The largest absolute Gasteiger partial charge is 0.508 e. The summed E-state index contributed by atoms with van der Waals surface area (Å²) in [6.45, 7) is 9.42. The summed E-state index contributed by atoms with van der Waals surface area (Å²) in [4.78, 5) is 33.4. The molecule has 3 aromatic carbocycles. The van der Waals surface area contributed by atoms with E-state index in [2.05, 4.69) is 53.7 Å². The molecule has 312 valence electrons. The van der Waals surface area contributed by atoms with Gasteiger partial charge in [0.2, 0.25) is 0 Å². The molecule has 6 bridgehead atoms. The normalized spacial score (nSPS) is 19.5. The first kappa shape index (κ1) is 41.9. The smallest absolute Gasteiger partial charge is 0.324 e. The number of hydrazine groups is 1. The number of methoxy groups -OCH3 is 3. The number of phenolic OH excluding ortho intramolecular Hbond substituents is 1. The van der Waals surface area contributed by atoms with E-state index in [9.17, 15) is 18.9 Å². The van der Waals surface area contributed by atoms with Crippen molar-refractivity contribution in [2.45, 2.75) is 83.0 Å². The van der Waals surface area contributed by atoms with E-state index in [0.717, 1.165) is 44.5 Å². The van der Waals surface area contributed by atoms with Crippen LogP contribution in [0.4, 0.5) is 0 Å². The summed E-state index contributed by atoms with van der Waals surface area (Å²) in [7, 11) is 2.76. The van der Waals surface area contributed by atoms with Gasteiger partial charge in [0.15, 0.2) is 0 Å². The van der Waals surface area contributed by atoms with Gasteiger partial charge >= 0.3 is 5.97 Å². The van der Waals surface area contributed by atoms with Gasteiger partial charge in [-0.2, -0.15) is 0 Å². The second kappa shape index (κ2) is 17.5. The Labute approximate surface area is 347 Å². The van der Waals surface area contributed by atoms with Crippen LogP contribution in [-0.2, 0) is 49.4 Å². The van der Waals surface area contributed by atoms with Crippen molar-refractivity contribution < 1.29 is 37.9 Å². The average molecular weight is 824 g/mol. The van der Waals surface area contributed by atoms with Crippen molar-refractivity contribution in [1.29, 1.82) is 0 Å². The predicted octanol–water partition coefficient (Wildman–Crippen LogP) is 6.67. The topological polar surface area (TPSA) is 153 Å². The number of aryl methyl sites for hydroxylation is 1. The maximum absolute atomic E-state index is 14.5. The number of phenols is 1. The molecular weight excluding hydrogens is 771 g/mol. The first-order valence-corrected chi connectivity index (χ1v) is 21.1. The van der Waals surface area contributed by atoms with Gasteiger partial charge in [-0.1, -0.05) is 26.0 Å².